The molecule has 1 N–H and O–H groups in total. The van der Waals surface area contributed by atoms with Gasteiger partial charge in [-0.05, 0) is 24.6 Å². The first kappa shape index (κ1) is 18.3. The molecule has 0 heterocycles. The Morgan fingerprint density at radius 1 is 0.952 bits per heavy atom. The number of rotatable bonds is 9. The molecule has 0 fully saturated rings. The lowest BCUT2D eigenvalue weighted by atomic mass is 10.1. The van der Waals surface area contributed by atoms with Crippen molar-refractivity contribution in [1.82, 2.24) is 0 Å². The van der Waals surface area contributed by atoms with E-state index in [1.807, 2.05) is 0 Å². The molecule has 0 spiro atoms. The summed E-state index contributed by atoms with van der Waals surface area (Å²) in [5.74, 6) is 0. The van der Waals surface area contributed by atoms with Gasteiger partial charge in [-0.15, -0.1) is 0 Å². The standard InChI is InChI=1S/C16H23BrF3N/c1-2-3-4-5-6-7-8-9-21-15-11-13(16(18,19)20)10-14(17)12-15/h10-12,21H,2-9H2,1H3. The lowest BCUT2D eigenvalue weighted by Crippen LogP contribution is -2.07. The Bertz CT molecular complexity index is 418. The third-order valence-corrected chi connectivity index (χ3v) is 3.79. The average Bonchev–Trinajstić information content (AvgIpc) is 2.40. The van der Waals surface area contributed by atoms with Gasteiger partial charge in [0.05, 0.1) is 5.56 Å². The van der Waals surface area contributed by atoms with Gasteiger partial charge in [-0.25, -0.2) is 0 Å². The van der Waals surface area contributed by atoms with Gasteiger partial charge in [0.15, 0.2) is 0 Å². The summed E-state index contributed by atoms with van der Waals surface area (Å²) in [5.41, 5.74) is -0.110. The SMILES string of the molecule is CCCCCCCCCNc1cc(Br)cc(C(F)(F)F)c1. The molecule has 0 aliphatic rings. The van der Waals surface area contributed by atoms with Crippen molar-refractivity contribution in [2.24, 2.45) is 0 Å². The van der Waals surface area contributed by atoms with Crippen LogP contribution in [-0.4, -0.2) is 6.54 Å². The van der Waals surface area contributed by atoms with Crippen molar-refractivity contribution >= 4 is 21.6 Å². The van der Waals surface area contributed by atoms with E-state index >= 15 is 0 Å². The summed E-state index contributed by atoms with van der Waals surface area (Å²) in [5, 5.41) is 3.07. The summed E-state index contributed by atoms with van der Waals surface area (Å²) in [6.45, 7) is 2.90. The van der Waals surface area contributed by atoms with Crippen molar-refractivity contribution in [2.45, 2.75) is 58.0 Å². The van der Waals surface area contributed by atoms with Crippen LogP contribution in [0.5, 0.6) is 0 Å². The van der Waals surface area contributed by atoms with Crippen LogP contribution in [-0.2, 0) is 6.18 Å². The van der Waals surface area contributed by atoms with E-state index in [9.17, 15) is 13.2 Å². The van der Waals surface area contributed by atoms with Gasteiger partial charge < -0.3 is 5.32 Å². The maximum Gasteiger partial charge on any atom is 0.416 e. The second-order valence-corrected chi connectivity index (χ2v) is 6.19. The molecular weight excluding hydrogens is 343 g/mol. The molecular formula is C16H23BrF3N. The fourth-order valence-electron chi connectivity index (χ4n) is 2.17. The van der Waals surface area contributed by atoms with Crippen molar-refractivity contribution in [3.63, 3.8) is 0 Å². The lowest BCUT2D eigenvalue weighted by molar-refractivity contribution is -0.137. The van der Waals surface area contributed by atoms with E-state index in [-0.39, 0.29) is 0 Å². The van der Waals surface area contributed by atoms with Crippen LogP contribution in [0.4, 0.5) is 18.9 Å². The van der Waals surface area contributed by atoms with E-state index in [1.54, 1.807) is 6.07 Å². The Hall–Kier alpha value is -0.710. The molecule has 0 radical (unpaired) electrons. The van der Waals surface area contributed by atoms with Crippen molar-refractivity contribution in [2.75, 3.05) is 11.9 Å². The molecule has 5 heteroatoms. The second-order valence-electron chi connectivity index (χ2n) is 5.27. The predicted molar refractivity (Wildman–Crippen MR) is 85.6 cm³/mol. The van der Waals surface area contributed by atoms with Gasteiger partial charge in [0.25, 0.3) is 0 Å². The van der Waals surface area contributed by atoms with Gasteiger partial charge in [-0.1, -0.05) is 61.4 Å². The molecule has 0 aliphatic carbocycles. The molecule has 0 unspecified atom stereocenters. The van der Waals surface area contributed by atoms with Gasteiger partial charge >= 0.3 is 6.18 Å². The van der Waals surface area contributed by atoms with Crippen molar-refractivity contribution in [1.29, 1.82) is 0 Å². The molecule has 0 saturated heterocycles. The smallest absolute Gasteiger partial charge is 0.385 e. The minimum atomic E-state index is -4.31. The second kappa shape index (κ2) is 9.34. The Morgan fingerprint density at radius 2 is 1.57 bits per heavy atom. The molecule has 0 aromatic heterocycles. The summed E-state index contributed by atoms with van der Waals surface area (Å²) in [6, 6.07) is 3.93. The molecule has 1 nitrogen and oxygen atoms in total. The van der Waals surface area contributed by atoms with Gasteiger partial charge in [-0.3, -0.25) is 0 Å². The molecule has 1 rings (SSSR count). The molecule has 1 aromatic carbocycles. The van der Waals surface area contributed by atoms with Crippen LogP contribution in [0.1, 0.15) is 57.4 Å². The third kappa shape index (κ3) is 7.74. The number of nitrogens with one attached hydrogen (secondary N) is 1. The zero-order valence-electron chi connectivity index (χ0n) is 12.4. The normalized spacial score (nSPS) is 11.7. The maximum absolute atomic E-state index is 12.7. The van der Waals surface area contributed by atoms with Gasteiger partial charge in [-0.2, -0.15) is 13.2 Å². The first-order chi connectivity index (χ1) is 9.93. The maximum atomic E-state index is 12.7. The molecule has 21 heavy (non-hydrogen) atoms. The third-order valence-electron chi connectivity index (χ3n) is 3.33. The van der Waals surface area contributed by atoms with Crippen LogP contribution >= 0.6 is 15.9 Å². The fraction of sp³-hybridized carbons (Fsp3) is 0.625. The number of hydrogen-bond donors (Lipinski definition) is 1. The Balaban J connectivity index is 2.31. The first-order valence-electron chi connectivity index (χ1n) is 7.55. The minimum absolute atomic E-state index is 0.444. The highest BCUT2D eigenvalue weighted by molar-refractivity contribution is 9.10. The van der Waals surface area contributed by atoms with Crippen molar-refractivity contribution in [3.8, 4) is 0 Å². The molecule has 0 aliphatic heterocycles. The van der Waals surface area contributed by atoms with Gasteiger partial charge in [0.1, 0.15) is 0 Å². The largest absolute Gasteiger partial charge is 0.416 e. The van der Waals surface area contributed by atoms with Crippen LogP contribution in [0, 0.1) is 0 Å². The predicted octanol–water partition coefficient (Wildman–Crippen LogP) is 6.63. The number of halogens is 4. The lowest BCUT2D eigenvalue weighted by Gasteiger charge is -2.11. The van der Waals surface area contributed by atoms with E-state index in [2.05, 4.69) is 28.2 Å². The monoisotopic (exact) mass is 365 g/mol. The summed E-state index contributed by atoms with van der Waals surface area (Å²) in [6.07, 6.45) is 4.07. The quantitative estimate of drug-likeness (QED) is 0.484. The van der Waals surface area contributed by atoms with E-state index in [0.29, 0.717) is 16.7 Å². The van der Waals surface area contributed by atoms with E-state index < -0.39 is 11.7 Å². The Kier molecular flexibility index (Phi) is 8.15. The summed E-state index contributed by atoms with van der Waals surface area (Å²) >= 11 is 3.12. The number of benzene rings is 1. The highest BCUT2D eigenvalue weighted by atomic mass is 79.9. The molecule has 0 atom stereocenters. The van der Waals surface area contributed by atoms with Crippen molar-refractivity contribution in [3.05, 3.63) is 28.2 Å². The fourth-order valence-corrected chi connectivity index (χ4v) is 2.66. The van der Waals surface area contributed by atoms with E-state index in [0.717, 1.165) is 25.0 Å². The zero-order valence-corrected chi connectivity index (χ0v) is 14.0. The topological polar surface area (TPSA) is 12.0 Å². The highest BCUT2D eigenvalue weighted by Gasteiger charge is 2.31. The number of alkyl halides is 3. The number of hydrogen-bond acceptors (Lipinski definition) is 1. The summed E-state index contributed by atoms with van der Waals surface area (Å²) in [4.78, 5) is 0. The zero-order chi connectivity index (χ0) is 15.7. The van der Waals surface area contributed by atoms with Crippen LogP contribution < -0.4 is 5.32 Å². The van der Waals surface area contributed by atoms with E-state index in [1.165, 1.54) is 32.1 Å². The molecule has 1 aromatic rings. The molecule has 0 amide bonds. The van der Waals surface area contributed by atoms with Gasteiger partial charge in [0.2, 0.25) is 0 Å². The number of anilines is 1. The first-order valence-corrected chi connectivity index (χ1v) is 8.34. The van der Waals surface area contributed by atoms with Crippen molar-refractivity contribution < 1.29 is 13.2 Å². The molecule has 0 bridgehead atoms. The Morgan fingerprint density at radius 3 is 2.19 bits per heavy atom. The van der Waals surface area contributed by atoms with Crippen LogP contribution in [0.3, 0.4) is 0 Å². The average molecular weight is 366 g/mol. The van der Waals surface area contributed by atoms with Crippen LogP contribution in [0.2, 0.25) is 0 Å². The summed E-state index contributed by atoms with van der Waals surface area (Å²) in [7, 11) is 0. The Labute approximate surface area is 133 Å². The highest BCUT2D eigenvalue weighted by Crippen LogP contribution is 2.33. The molecule has 120 valence electrons. The molecule has 0 saturated carbocycles. The van der Waals surface area contributed by atoms with Gasteiger partial charge in [0, 0.05) is 16.7 Å². The number of unbranched alkanes of at least 4 members (excludes halogenated alkanes) is 6. The summed E-state index contributed by atoms with van der Waals surface area (Å²) < 4.78 is 38.5. The minimum Gasteiger partial charge on any atom is -0.385 e. The van der Waals surface area contributed by atoms with Crippen LogP contribution in [0.15, 0.2) is 22.7 Å². The van der Waals surface area contributed by atoms with Crippen LogP contribution in [0.25, 0.3) is 0 Å². The van der Waals surface area contributed by atoms with E-state index in [4.69, 9.17) is 0 Å².